The predicted octanol–water partition coefficient (Wildman–Crippen LogP) is 13.5. The average Bonchev–Trinajstić information content (AvgIpc) is 3.15. The number of carbonyl (C=O) groups excluding carboxylic acids is 2. The average molecular weight is 754 g/mol. The summed E-state index contributed by atoms with van der Waals surface area (Å²) in [6.45, 7) is 12.8. The van der Waals surface area contributed by atoms with Crippen molar-refractivity contribution in [2.24, 2.45) is 5.92 Å². The first-order valence-corrected chi connectivity index (χ1v) is 23.3. The van der Waals surface area contributed by atoms with Gasteiger partial charge in [-0.05, 0) is 70.9 Å². The van der Waals surface area contributed by atoms with Gasteiger partial charge in [0.05, 0.1) is 25.7 Å². The van der Waals surface area contributed by atoms with Gasteiger partial charge in [0.25, 0.3) is 0 Å². The molecule has 0 rings (SSSR count). The molecule has 0 aliphatic heterocycles. The summed E-state index contributed by atoms with van der Waals surface area (Å²) in [4.78, 5) is 27.0. The van der Waals surface area contributed by atoms with E-state index in [1.807, 2.05) is 6.92 Å². The molecule has 0 spiro atoms. The molecule has 7 nitrogen and oxygen atoms in total. The SMILES string of the molecule is CCCCCCCCCCCC(CCCCCC)OC(=O)OCCCCCCCCN(CCO)CCCCCCCCOC(=O)C(C)CCCCCC. The third kappa shape index (κ3) is 37.4. The van der Waals surface area contributed by atoms with Crippen LogP contribution in [0.4, 0.5) is 4.79 Å². The summed E-state index contributed by atoms with van der Waals surface area (Å²) in [6.07, 6.45) is 37.4. The van der Waals surface area contributed by atoms with Crippen molar-refractivity contribution in [1.29, 1.82) is 0 Å². The van der Waals surface area contributed by atoms with E-state index in [-0.39, 0.29) is 24.6 Å². The summed E-state index contributed by atoms with van der Waals surface area (Å²) in [6, 6.07) is 0. The lowest BCUT2D eigenvalue weighted by Crippen LogP contribution is -2.29. The van der Waals surface area contributed by atoms with Gasteiger partial charge in [-0.25, -0.2) is 4.79 Å². The van der Waals surface area contributed by atoms with E-state index in [2.05, 4.69) is 25.7 Å². The van der Waals surface area contributed by atoms with Crippen molar-refractivity contribution in [2.75, 3.05) is 39.5 Å². The number of hydrogen-bond acceptors (Lipinski definition) is 7. The molecule has 0 heterocycles. The molecule has 2 atom stereocenters. The Kier molecular flexibility index (Phi) is 40.8. The Morgan fingerprint density at radius 3 is 1.32 bits per heavy atom. The molecule has 0 saturated carbocycles. The second-order valence-corrected chi connectivity index (χ2v) is 16.0. The minimum Gasteiger partial charge on any atom is -0.465 e. The molecule has 0 aromatic carbocycles. The van der Waals surface area contributed by atoms with Crippen molar-refractivity contribution in [3.05, 3.63) is 0 Å². The van der Waals surface area contributed by atoms with E-state index in [1.54, 1.807) is 0 Å². The van der Waals surface area contributed by atoms with E-state index in [0.29, 0.717) is 13.2 Å². The quantitative estimate of drug-likeness (QED) is 0.0491. The van der Waals surface area contributed by atoms with E-state index in [4.69, 9.17) is 14.2 Å². The zero-order valence-electron chi connectivity index (χ0n) is 36.0. The highest BCUT2D eigenvalue weighted by Gasteiger charge is 2.16. The maximum absolute atomic E-state index is 12.5. The van der Waals surface area contributed by atoms with E-state index in [9.17, 15) is 14.7 Å². The number of aliphatic hydroxyl groups excluding tert-OH is 1. The number of aliphatic hydroxyl groups is 1. The summed E-state index contributed by atoms with van der Waals surface area (Å²) in [7, 11) is 0. The first-order chi connectivity index (χ1) is 26.0. The van der Waals surface area contributed by atoms with E-state index >= 15 is 0 Å². The largest absolute Gasteiger partial charge is 0.508 e. The molecule has 0 radical (unpaired) electrons. The fraction of sp³-hybridized carbons (Fsp3) is 0.957. The second-order valence-electron chi connectivity index (χ2n) is 16.0. The summed E-state index contributed by atoms with van der Waals surface area (Å²) in [5.74, 6) is 0.00423. The topological polar surface area (TPSA) is 85.3 Å². The van der Waals surface area contributed by atoms with Crippen molar-refractivity contribution < 1.29 is 28.9 Å². The molecule has 7 heteroatoms. The molecule has 0 aliphatic carbocycles. The first-order valence-electron chi connectivity index (χ1n) is 23.3. The molecule has 0 aliphatic rings. The van der Waals surface area contributed by atoms with Gasteiger partial charge < -0.3 is 24.2 Å². The van der Waals surface area contributed by atoms with Crippen LogP contribution in [-0.4, -0.2) is 67.7 Å². The number of esters is 1. The van der Waals surface area contributed by atoms with Crippen molar-refractivity contribution in [2.45, 2.75) is 239 Å². The fourth-order valence-corrected chi connectivity index (χ4v) is 7.15. The van der Waals surface area contributed by atoms with Gasteiger partial charge in [0.2, 0.25) is 0 Å². The molecular weight excluding hydrogens is 663 g/mol. The summed E-state index contributed by atoms with van der Waals surface area (Å²) in [5.41, 5.74) is 0. The molecule has 0 bridgehead atoms. The molecule has 0 aromatic heterocycles. The predicted molar refractivity (Wildman–Crippen MR) is 225 cm³/mol. The summed E-state index contributed by atoms with van der Waals surface area (Å²) < 4.78 is 16.8. The van der Waals surface area contributed by atoms with Crippen LogP contribution in [0.2, 0.25) is 0 Å². The number of carbonyl (C=O) groups is 2. The molecule has 0 saturated heterocycles. The first kappa shape index (κ1) is 51.7. The minimum atomic E-state index is -0.471. The molecule has 1 N–H and O–H groups in total. The Hall–Kier alpha value is -1.34. The van der Waals surface area contributed by atoms with Gasteiger partial charge >= 0.3 is 12.1 Å². The highest BCUT2D eigenvalue weighted by atomic mass is 16.7. The van der Waals surface area contributed by atoms with Gasteiger partial charge in [0.1, 0.15) is 6.10 Å². The van der Waals surface area contributed by atoms with Crippen LogP contribution in [0.3, 0.4) is 0 Å². The zero-order chi connectivity index (χ0) is 38.9. The van der Waals surface area contributed by atoms with Crippen LogP contribution in [-0.2, 0) is 19.0 Å². The van der Waals surface area contributed by atoms with Crippen LogP contribution < -0.4 is 0 Å². The number of ether oxygens (including phenoxy) is 3. The van der Waals surface area contributed by atoms with Crippen LogP contribution in [0.1, 0.15) is 233 Å². The van der Waals surface area contributed by atoms with Gasteiger partial charge in [0, 0.05) is 6.54 Å². The molecule has 0 aromatic rings. The molecule has 0 fully saturated rings. The molecule has 0 amide bonds. The van der Waals surface area contributed by atoms with Gasteiger partial charge in [0.15, 0.2) is 0 Å². The van der Waals surface area contributed by atoms with Crippen molar-refractivity contribution in [1.82, 2.24) is 4.90 Å². The van der Waals surface area contributed by atoms with Crippen LogP contribution in [0.25, 0.3) is 0 Å². The normalized spacial score (nSPS) is 12.6. The monoisotopic (exact) mass is 754 g/mol. The molecule has 53 heavy (non-hydrogen) atoms. The van der Waals surface area contributed by atoms with Gasteiger partial charge in [-0.3, -0.25) is 4.79 Å². The third-order valence-electron chi connectivity index (χ3n) is 10.8. The highest BCUT2D eigenvalue weighted by Crippen LogP contribution is 2.18. The lowest BCUT2D eigenvalue weighted by molar-refractivity contribution is -0.148. The number of rotatable bonds is 42. The molecule has 316 valence electrons. The maximum Gasteiger partial charge on any atom is 0.508 e. The number of nitrogens with zero attached hydrogens (tertiary/aromatic N) is 1. The van der Waals surface area contributed by atoms with Crippen LogP contribution in [0.15, 0.2) is 0 Å². The van der Waals surface area contributed by atoms with Gasteiger partial charge in [-0.2, -0.15) is 0 Å². The second kappa shape index (κ2) is 41.8. The van der Waals surface area contributed by atoms with Crippen LogP contribution >= 0.6 is 0 Å². The molecular formula is C46H91NO6. The van der Waals surface area contributed by atoms with Gasteiger partial charge in [-0.15, -0.1) is 0 Å². The maximum atomic E-state index is 12.5. The Morgan fingerprint density at radius 2 is 0.849 bits per heavy atom. The minimum absolute atomic E-state index is 0.00209. The Bertz CT molecular complexity index is 764. The van der Waals surface area contributed by atoms with E-state index in [0.717, 1.165) is 96.7 Å². The zero-order valence-corrected chi connectivity index (χ0v) is 36.0. The summed E-state index contributed by atoms with van der Waals surface area (Å²) in [5, 5.41) is 9.54. The van der Waals surface area contributed by atoms with Gasteiger partial charge in [-0.1, -0.05) is 175 Å². The number of unbranched alkanes of at least 4 members (excludes halogenated alkanes) is 24. The Balaban J connectivity index is 3.89. The smallest absolute Gasteiger partial charge is 0.465 e. The fourth-order valence-electron chi connectivity index (χ4n) is 7.15. The molecule has 2 unspecified atom stereocenters. The summed E-state index contributed by atoms with van der Waals surface area (Å²) >= 11 is 0. The Morgan fingerprint density at radius 1 is 0.472 bits per heavy atom. The van der Waals surface area contributed by atoms with Crippen LogP contribution in [0, 0.1) is 5.92 Å². The van der Waals surface area contributed by atoms with Crippen molar-refractivity contribution in [3.8, 4) is 0 Å². The van der Waals surface area contributed by atoms with Crippen molar-refractivity contribution >= 4 is 12.1 Å². The van der Waals surface area contributed by atoms with Crippen molar-refractivity contribution in [3.63, 3.8) is 0 Å². The third-order valence-corrected chi connectivity index (χ3v) is 10.8. The standard InChI is InChI=1S/C46H91NO6/c1-5-8-11-14-15-16-17-22-29-36-44(35-28-13-10-7-3)53-46(50)52-42-33-26-21-19-24-31-38-47(39-40-48)37-30-23-18-20-25-32-41-51-45(49)43(4)34-27-12-9-6-2/h43-44,48H,5-42H2,1-4H3. The lowest BCUT2D eigenvalue weighted by atomic mass is 10.0. The van der Waals surface area contributed by atoms with E-state index in [1.165, 1.54) is 128 Å². The van der Waals surface area contributed by atoms with E-state index < -0.39 is 6.16 Å². The Labute approximate surface area is 329 Å². The van der Waals surface area contributed by atoms with Crippen LogP contribution in [0.5, 0.6) is 0 Å². The highest BCUT2D eigenvalue weighted by molar-refractivity contribution is 5.71. The lowest BCUT2D eigenvalue weighted by Gasteiger charge is -2.21. The number of hydrogen-bond donors (Lipinski definition) is 1.